The van der Waals surface area contributed by atoms with Gasteiger partial charge in [-0.05, 0) is 43.7 Å². The Balaban J connectivity index is 1.05. The first-order valence-electron chi connectivity index (χ1n) is 12.3. The minimum atomic E-state index is 0.296. The summed E-state index contributed by atoms with van der Waals surface area (Å²) in [6.45, 7) is 8.62. The van der Waals surface area contributed by atoms with Crippen molar-refractivity contribution in [3.63, 3.8) is 0 Å². The minimum Gasteiger partial charge on any atom is -0.369 e. The monoisotopic (exact) mass is 446 g/mol. The number of para-hydroxylation sites is 3. The van der Waals surface area contributed by atoms with Crippen molar-refractivity contribution in [2.24, 2.45) is 0 Å². The fraction of sp³-hybridized carbons (Fsp3) is 0.462. The van der Waals surface area contributed by atoms with Gasteiger partial charge in [-0.2, -0.15) is 0 Å². The van der Waals surface area contributed by atoms with E-state index in [4.69, 9.17) is 4.98 Å². The first kappa shape index (κ1) is 21.8. The quantitative estimate of drug-likeness (QED) is 0.630. The molecule has 0 atom stereocenters. The van der Waals surface area contributed by atoms with Crippen molar-refractivity contribution in [1.29, 1.82) is 0 Å². The number of anilines is 2. The topological polar surface area (TPSA) is 58.7 Å². The van der Waals surface area contributed by atoms with Crippen molar-refractivity contribution in [1.82, 2.24) is 19.8 Å². The summed E-state index contributed by atoms with van der Waals surface area (Å²) in [5.41, 5.74) is 3.37. The largest absolute Gasteiger partial charge is 0.369 e. The second-order valence-corrected chi connectivity index (χ2v) is 9.07. The Labute approximate surface area is 196 Å². The molecule has 5 rings (SSSR count). The second kappa shape index (κ2) is 10.3. The second-order valence-electron chi connectivity index (χ2n) is 9.07. The van der Waals surface area contributed by atoms with E-state index in [0.717, 1.165) is 88.7 Å². The summed E-state index contributed by atoms with van der Waals surface area (Å²) >= 11 is 0. The number of carbonyl (C=O) groups excluding carboxylic acids is 1. The molecule has 0 radical (unpaired) electrons. The van der Waals surface area contributed by atoms with Crippen LogP contribution < -0.4 is 9.80 Å². The molecule has 0 unspecified atom stereocenters. The molecule has 0 spiro atoms. The first-order chi connectivity index (χ1) is 16.3. The third-order valence-electron chi connectivity index (χ3n) is 6.88. The van der Waals surface area contributed by atoms with Crippen LogP contribution in [0.3, 0.4) is 0 Å². The Kier molecular flexibility index (Phi) is 6.76. The lowest BCUT2D eigenvalue weighted by atomic mass is 10.2. The zero-order valence-electron chi connectivity index (χ0n) is 19.3. The normalized spacial score (nSPS) is 18.0. The standard InChI is InChI=1S/C26H34N6O/c33-25(12-6-13-29-16-18-30(19-17-29)22-8-2-1-3-9-22)31-14-7-15-32(21-20-31)26-27-23-10-4-5-11-24(23)28-26/h1-5,8-11H,6-7,12-21H2,(H,27,28). The summed E-state index contributed by atoms with van der Waals surface area (Å²) in [5.74, 6) is 1.21. The lowest BCUT2D eigenvalue weighted by Crippen LogP contribution is -2.46. The van der Waals surface area contributed by atoms with E-state index in [1.54, 1.807) is 0 Å². The summed E-state index contributed by atoms with van der Waals surface area (Å²) in [6, 6.07) is 18.8. The van der Waals surface area contributed by atoms with Gasteiger partial charge in [0.15, 0.2) is 0 Å². The van der Waals surface area contributed by atoms with Crippen molar-refractivity contribution in [2.45, 2.75) is 19.3 Å². The Morgan fingerprint density at radius 1 is 0.818 bits per heavy atom. The van der Waals surface area contributed by atoms with Crippen LogP contribution in [0.15, 0.2) is 54.6 Å². The molecule has 1 amide bonds. The summed E-state index contributed by atoms with van der Waals surface area (Å²) in [5, 5.41) is 0. The zero-order valence-corrected chi connectivity index (χ0v) is 19.3. The molecule has 7 nitrogen and oxygen atoms in total. The van der Waals surface area contributed by atoms with Crippen molar-refractivity contribution in [3.8, 4) is 0 Å². The van der Waals surface area contributed by atoms with Crippen LogP contribution in [0.1, 0.15) is 19.3 Å². The van der Waals surface area contributed by atoms with Gasteiger partial charge < -0.3 is 19.7 Å². The Bertz CT molecular complexity index is 1010. The zero-order chi connectivity index (χ0) is 22.5. The molecule has 1 aromatic heterocycles. The van der Waals surface area contributed by atoms with Crippen LogP contribution >= 0.6 is 0 Å². The highest BCUT2D eigenvalue weighted by atomic mass is 16.2. The van der Waals surface area contributed by atoms with Gasteiger partial charge in [-0.25, -0.2) is 4.98 Å². The molecule has 2 aromatic carbocycles. The van der Waals surface area contributed by atoms with Crippen LogP contribution in [0, 0.1) is 0 Å². The highest BCUT2D eigenvalue weighted by Gasteiger charge is 2.22. The van der Waals surface area contributed by atoms with E-state index in [9.17, 15) is 4.79 Å². The first-order valence-corrected chi connectivity index (χ1v) is 12.3. The molecular formula is C26H34N6O. The van der Waals surface area contributed by atoms with E-state index < -0.39 is 0 Å². The minimum absolute atomic E-state index is 0.296. The molecule has 33 heavy (non-hydrogen) atoms. The fourth-order valence-corrected chi connectivity index (χ4v) is 4.95. The molecule has 2 saturated heterocycles. The Morgan fingerprint density at radius 2 is 1.58 bits per heavy atom. The molecule has 3 aromatic rings. The highest BCUT2D eigenvalue weighted by Crippen LogP contribution is 2.19. The molecule has 2 fully saturated rings. The summed E-state index contributed by atoms with van der Waals surface area (Å²) in [6.07, 6.45) is 2.56. The van der Waals surface area contributed by atoms with Gasteiger partial charge in [0, 0.05) is 64.5 Å². The number of amides is 1. The number of hydrogen-bond acceptors (Lipinski definition) is 5. The molecule has 174 valence electrons. The number of fused-ring (bicyclic) bond motifs is 1. The molecule has 0 saturated carbocycles. The number of carbonyl (C=O) groups is 1. The molecule has 3 heterocycles. The number of hydrogen-bond donors (Lipinski definition) is 1. The SMILES string of the molecule is O=C(CCCN1CCN(c2ccccc2)CC1)N1CCCN(c2nc3ccccc3[nH]2)CC1. The van der Waals surface area contributed by atoms with Gasteiger partial charge >= 0.3 is 0 Å². The molecule has 2 aliphatic heterocycles. The van der Waals surface area contributed by atoms with Crippen LogP contribution in [-0.4, -0.2) is 84.6 Å². The van der Waals surface area contributed by atoms with Crippen LogP contribution in [-0.2, 0) is 4.79 Å². The molecule has 7 heteroatoms. The van der Waals surface area contributed by atoms with E-state index >= 15 is 0 Å². The number of nitrogens with zero attached hydrogens (tertiary/aromatic N) is 5. The summed E-state index contributed by atoms with van der Waals surface area (Å²) in [4.78, 5) is 30.3. The average molecular weight is 447 g/mol. The van der Waals surface area contributed by atoms with E-state index in [2.05, 4.69) is 61.0 Å². The predicted molar refractivity (Wildman–Crippen MR) is 134 cm³/mol. The Morgan fingerprint density at radius 3 is 2.39 bits per heavy atom. The Hall–Kier alpha value is -3.06. The number of piperazine rings is 1. The van der Waals surface area contributed by atoms with Gasteiger partial charge in [0.2, 0.25) is 11.9 Å². The van der Waals surface area contributed by atoms with Crippen molar-refractivity contribution in [2.75, 3.05) is 68.7 Å². The van der Waals surface area contributed by atoms with Crippen molar-refractivity contribution in [3.05, 3.63) is 54.6 Å². The van der Waals surface area contributed by atoms with Crippen molar-refractivity contribution < 1.29 is 4.79 Å². The van der Waals surface area contributed by atoms with Gasteiger partial charge in [-0.15, -0.1) is 0 Å². The maximum absolute atomic E-state index is 12.9. The predicted octanol–water partition coefficient (Wildman–Crippen LogP) is 3.20. The maximum atomic E-state index is 12.9. The van der Waals surface area contributed by atoms with Crippen LogP contribution in [0.25, 0.3) is 11.0 Å². The molecule has 0 bridgehead atoms. The lowest BCUT2D eigenvalue weighted by Gasteiger charge is -2.36. The number of H-pyrrole nitrogens is 1. The number of benzene rings is 2. The molecule has 2 aliphatic rings. The maximum Gasteiger partial charge on any atom is 0.222 e. The smallest absolute Gasteiger partial charge is 0.222 e. The number of imidazole rings is 1. The third-order valence-corrected chi connectivity index (χ3v) is 6.88. The van der Waals surface area contributed by atoms with Gasteiger partial charge in [0.25, 0.3) is 0 Å². The number of rotatable bonds is 6. The van der Waals surface area contributed by atoms with Gasteiger partial charge in [-0.1, -0.05) is 30.3 Å². The van der Waals surface area contributed by atoms with E-state index in [1.165, 1.54) is 5.69 Å². The van der Waals surface area contributed by atoms with Crippen LogP contribution in [0.4, 0.5) is 11.6 Å². The fourth-order valence-electron chi connectivity index (χ4n) is 4.95. The van der Waals surface area contributed by atoms with Crippen molar-refractivity contribution >= 4 is 28.6 Å². The summed E-state index contributed by atoms with van der Waals surface area (Å²) < 4.78 is 0. The van der Waals surface area contributed by atoms with Crippen LogP contribution in [0.5, 0.6) is 0 Å². The molecule has 1 N–H and O–H groups in total. The lowest BCUT2D eigenvalue weighted by molar-refractivity contribution is -0.131. The summed E-state index contributed by atoms with van der Waals surface area (Å²) in [7, 11) is 0. The van der Waals surface area contributed by atoms with Crippen LogP contribution in [0.2, 0.25) is 0 Å². The number of nitrogens with one attached hydrogen (secondary N) is 1. The number of aromatic nitrogens is 2. The van der Waals surface area contributed by atoms with E-state index in [0.29, 0.717) is 12.3 Å². The highest BCUT2D eigenvalue weighted by molar-refractivity contribution is 5.78. The van der Waals surface area contributed by atoms with Gasteiger partial charge in [0.1, 0.15) is 0 Å². The van der Waals surface area contributed by atoms with Gasteiger partial charge in [-0.3, -0.25) is 9.69 Å². The number of aromatic amines is 1. The molecular weight excluding hydrogens is 412 g/mol. The van der Waals surface area contributed by atoms with Gasteiger partial charge in [0.05, 0.1) is 11.0 Å². The molecule has 0 aliphatic carbocycles. The third kappa shape index (κ3) is 5.30. The van der Waals surface area contributed by atoms with E-state index in [1.807, 2.05) is 18.2 Å². The van der Waals surface area contributed by atoms with E-state index in [-0.39, 0.29) is 0 Å². The average Bonchev–Trinajstić information content (AvgIpc) is 3.14.